The van der Waals surface area contributed by atoms with Crippen LogP contribution in [0, 0.1) is 13.8 Å². The van der Waals surface area contributed by atoms with Crippen LogP contribution in [0.15, 0.2) is 21.7 Å². The summed E-state index contributed by atoms with van der Waals surface area (Å²) in [5.74, 6) is 0.480. The number of hydrogen-bond acceptors (Lipinski definition) is 4. The molecule has 7 heteroatoms. The van der Waals surface area contributed by atoms with Gasteiger partial charge in [0.25, 0.3) is 0 Å². The Morgan fingerprint density at radius 2 is 2.00 bits per heavy atom. The Labute approximate surface area is 142 Å². The lowest BCUT2D eigenvalue weighted by Crippen LogP contribution is -2.38. The third-order valence-electron chi connectivity index (χ3n) is 4.68. The second kappa shape index (κ2) is 6.37. The highest BCUT2D eigenvalue weighted by molar-refractivity contribution is 7.89. The van der Waals surface area contributed by atoms with Gasteiger partial charge < -0.3 is 0 Å². The Kier molecular flexibility index (Phi) is 4.62. The smallest absolute Gasteiger partial charge is 0.246 e. The zero-order chi connectivity index (χ0) is 16.6. The quantitative estimate of drug-likeness (QED) is 0.848. The molecule has 0 aliphatic carbocycles. The van der Waals surface area contributed by atoms with Crippen molar-refractivity contribution < 1.29 is 8.42 Å². The third kappa shape index (κ3) is 2.97. The molecule has 2 aromatic rings. The molecule has 2 aromatic heterocycles. The van der Waals surface area contributed by atoms with Gasteiger partial charge in [0, 0.05) is 19.6 Å². The van der Waals surface area contributed by atoms with E-state index in [2.05, 4.69) is 21.9 Å². The first-order chi connectivity index (χ1) is 10.9. The molecule has 0 saturated carbocycles. The topological polar surface area (TPSA) is 55.2 Å². The second-order valence-electron chi connectivity index (χ2n) is 6.05. The molecule has 0 aromatic carbocycles. The molecule has 0 amide bonds. The first kappa shape index (κ1) is 16.7. The fraction of sp³-hybridized carbons (Fsp3) is 0.562. The largest absolute Gasteiger partial charge is 0.268 e. The van der Waals surface area contributed by atoms with Crippen molar-refractivity contribution in [2.75, 3.05) is 13.1 Å². The number of thiophene rings is 1. The van der Waals surface area contributed by atoms with Crippen LogP contribution in [0.5, 0.6) is 0 Å². The molecule has 0 unspecified atom stereocenters. The number of nitrogens with zero attached hydrogens (tertiary/aromatic N) is 3. The summed E-state index contributed by atoms with van der Waals surface area (Å²) in [4.78, 5) is 0.397. The minimum atomic E-state index is -3.45. The number of rotatable bonds is 4. The summed E-state index contributed by atoms with van der Waals surface area (Å²) in [6.45, 7) is 7.45. The van der Waals surface area contributed by atoms with Crippen molar-refractivity contribution in [3.05, 3.63) is 33.8 Å². The molecule has 0 N–H and O–H groups in total. The van der Waals surface area contributed by atoms with Crippen molar-refractivity contribution >= 4 is 21.4 Å². The van der Waals surface area contributed by atoms with E-state index in [9.17, 15) is 8.42 Å². The molecule has 1 aliphatic heterocycles. The van der Waals surface area contributed by atoms with Gasteiger partial charge in [0.05, 0.1) is 11.4 Å². The molecule has 1 aliphatic rings. The van der Waals surface area contributed by atoms with E-state index in [-0.39, 0.29) is 0 Å². The molecular formula is C16H23N3O2S2. The van der Waals surface area contributed by atoms with E-state index in [0.29, 0.717) is 36.1 Å². The van der Waals surface area contributed by atoms with Gasteiger partial charge in [0.15, 0.2) is 0 Å². The first-order valence-corrected chi connectivity index (χ1v) is 10.4. The van der Waals surface area contributed by atoms with Crippen molar-refractivity contribution in [2.24, 2.45) is 0 Å². The average molecular weight is 354 g/mol. The molecule has 0 radical (unpaired) electrons. The Morgan fingerprint density at radius 3 is 2.52 bits per heavy atom. The molecule has 1 saturated heterocycles. The molecule has 3 heterocycles. The van der Waals surface area contributed by atoms with Crippen molar-refractivity contribution in [2.45, 2.75) is 51.0 Å². The van der Waals surface area contributed by atoms with E-state index in [4.69, 9.17) is 0 Å². The normalized spacial score (nSPS) is 17.7. The summed E-state index contributed by atoms with van der Waals surface area (Å²) in [6.07, 6.45) is 1.77. The number of piperidine rings is 1. The molecule has 0 atom stereocenters. The number of aryl methyl sites for hydroxylation is 2. The highest BCUT2D eigenvalue weighted by Gasteiger charge is 2.33. The summed E-state index contributed by atoms with van der Waals surface area (Å²) in [5, 5.41) is 8.62. The highest BCUT2D eigenvalue weighted by atomic mass is 32.2. The van der Waals surface area contributed by atoms with Gasteiger partial charge in [-0.25, -0.2) is 8.42 Å². The summed E-state index contributed by atoms with van der Waals surface area (Å²) in [5.41, 5.74) is 2.69. The SMILES string of the molecule is CCn1nc(C)c(S(=O)(=O)N2CCC(c3ccsc3)CC2)c1C. The molecule has 126 valence electrons. The molecule has 3 rings (SSSR count). The molecule has 23 heavy (non-hydrogen) atoms. The second-order valence-corrected chi connectivity index (χ2v) is 8.71. The van der Waals surface area contributed by atoms with Crippen molar-refractivity contribution in [1.82, 2.24) is 14.1 Å². The monoisotopic (exact) mass is 353 g/mol. The van der Waals surface area contributed by atoms with Gasteiger partial charge >= 0.3 is 0 Å². The van der Waals surface area contributed by atoms with E-state index in [1.807, 2.05) is 13.8 Å². The summed E-state index contributed by atoms with van der Waals surface area (Å²) < 4.78 is 29.4. The Hall–Kier alpha value is -1.18. The number of hydrogen-bond donors (Lipinski definition) is 0. The lowest BCUT2D eigenvalue weighted by Gasteiger charge is -2.31. The minimum Gasteiger partial charge on any atom is -0.268 e. The summed E-state index contributed by atoms with van der Waals surface area (Å²) in [6, 6.07) is 2.15. The maximum Gasteiger partial charge on any atom is 0.246 e. The van der Waals surface area contributed by atoms with Gasteiger partial charge in [0.2, 0.25) is 10.0 Å². The predicted molar refractivity (Wildman–Crippen MR) is 92.4 cm³/mol. The van der Waals surface area contributed by atoms with Crippen LogP contribution in [0.25, 0.3) is 0 Å². The molecule has 0 spiro atoms. The van der Waals surface area contributed by atoms with Crippen LogP contribution in [0.1, 0.15) is 42.6 Å². The molecule has 5 nitrogen and oxygen atoms in total. The summed E-state index contributed by atoms with van der Waals surface area (Å²) in [7, 11) is -3.45. The van der Waals surface area contributed by atoms with E-state index in [1.165, 1.54) is 5.56 Å². The van der Waals surface area contributed by atoms with Crippen molar-refractivity contribution in [1.29, 1.82) is 0 Å². The van der Waals surface area contributed by atoms with Gasteiger partial charge in [-0.05, 0) is 61.9 Å². The van der Waals surface area contributed by atoms with Crippen LogP contribution in [-0.4, -0.2) is 35.6 Å². The lowest BCUT2D eigenvalue weighted by molar-refractivity contribution is 0.319. The van der Waals surface area contributed by atoms with Gasteiger partial charge in [-0.1, -0.05) is 0 Å². The van der Waals surface area contributed by atoms with Crippen LogP contribution in [0.4, 0.5) is 0 Å². The summed E-state index contributed by atoms with van der Waals surface area (Å²) >= 11 is 1.70. The van der Waals surface area contributed by atoms with Gasteiger partial charge in [-0.15, -0.1) is 0 Å². The third-order valence-corrected chi connectivity index (χ3v) is 7.53. The fourth-order valence-electron chi connectivity index (χ4n) is 3.43. The molecule has 1 fully saturated rings. The maximum absolute atomic E-state index is 13.0. The van der Waals surface area contributed by atoms with Crippen LogP contribution >= 0.6 is 11.3 Å². The zero-order valence-corrected chi connectivity index (χ0v) is 15.5. The van der Waals surface area contributed by atoms with E-state index < -0.39 is 10.0 Å². The van der Waals surface area contributed by atoms with Crippen LogP contribution < -0.4 is 0 Å². The Morgan fingerprint density at radius 1 is 1.30 bits per heavy atom. The Bertz CT molecular complexity index is 771. The maximum atomic E-state index is 13.0. The van der Waals surface area contributed by atoms with Crippen LogP contribution in [0.2, 0.25) is 0 Å². The first-order valence-electron chi connectivity index (χ1n) is 8.01. The van der Waals surface area contributed by atoms with Crippen molar-refractivity contribution in [3.63, 3.8) is 0 Å². The van der Waals surface area contributed by atoms with Gasteiger partial charge in [-0.2, -0.15) is 20.7 Å². The lowest BCUT2D eigenvalue weighted by atomic mass is 9.92. The van der Waals surface area contributed by atoms with Crippen LogP contribution in [-0.2, 0) is 16.6 Å². The number of aromatic nitrogens is 2. The van der Waals surface area contributed by atoms with Gasteiger partial charge in [-0.3, -0.25) is 4.68 Å². The standard InChI is InChI=1S/C16H23N3O2S2/c1-4-19-13(3)16(12(2)17-19)23(20,21)18-8-5-14(6-9-18)15-7-10-22-11-15/h7,10-11,14H,4-6,8-9H2,1-3H3. The minimum absolute atomic E-state index is 0.397. The van der Waals surface area contributed by atoms with Crippen LogP contribution in [0.3, 0.4) is 0 Å². The highest BCUT2D eigenvalue weighted by Crippen LogP contribution is 2.33. The van der Waals surface area contributed by atoms with E-state index >= 15 is 0 Å². The molecule has 0 bridgehead atoms. The Balaban J connectivity index is 1.81. The van der Waals surface area contributed by atoms with E-state index in [0.717, 1.165) is 18.5 Å². The predicted octanol–water partition coefficient (Wildman–Crippen LogP) is 3.15. The van der Waals surface area contributed by atoms with Gasteiger partial charge in [0.1, 0.15) is 4.90 Å². The van der Waals surface area contributed by atoms with E-state index in [1.54, 1.807) is 27.2 Å². The number of sulfonamides is 1. The molecular weight excluding hydrogens is 330 g/mol. The zero-order valence-electron chi connectivity index (χ0n) is 13.8. The van der Waals surface area contributed by atoms with Crippen molar-refractivity contribution in [3.8, 4) is 0 Å². The fourth-order valence-corrected chi connectivity index (χ4v) is 6.01. The average Bonchev–Trinajstić information content (AvgIpc) is 3.15.